The van der Waals surface area contributed by atoms with Gasteiger partial charge in [0.25, 0.3) is 0 Å². The van der Waals surface area contributed by atoms with Gasteiger partial charge in [0.15, 0.2) is 0 Å². The number of aromatic nitrogens is 2. The van der Waals surface area contributed by atoms with Gasteiger partial charge in [0.1, 0.15) is 5.75 Å². The molecule has 0 aliphatic rings. The Kier molecular flexibility index (Phi) is 3.42. The molecule has 0 N–H and O–H groups in total. The highest BCUT2D eigenvalue weighted by molar-refractivity contribution is 5.82. The minimum Gasteiger partial charge on any atom is -0.497 e. The smallest absolute Gasteiger partial charge is 0.119 e. The van der Waals surface area contributed by atoms with E-state index in [1.54, 1.807) is 19.5 Å². The summed E-state index contributed by atoms with van der Waals surface area (Å²) < 4.78 is 5.21. The fraction of sp³-hybridized carbons (Fsp3) is 0.0588. The number of methoxy groups -OCH3 is 1. The van der Waals surface area contributed by atoms with E-state index in [2.05, 4.69) is 16.0 Å². The van der Waals surface area contributed by atoms with Crippen molar-refractivity contribution in [3.63, 3.8) is 0 Å². The Bertz CT molecular complexity index is 751. The van der Waals surface area contributed by atoms with E-state index in [0.29, 0.717) is 0 Å². The van der Waals surface area contributed by atoms with Crippen LogP contribution in [-0.2, 0) is 0 Å². The number of pyridine rings is 2. The molecule has 0 spiro atoms. The largest absolute Gasteiger partial charge is 0.497 e. The molecule has 3 aromatic rings. The minimum absolute atomic E-state index is 0.847. The standard InChI is InChI=1S/C17H14N2O/c1-20-16-6-7-17-14(12-16)3-5-15(19-17)4-2-13-8-10-18-11-9-13/h2-12H,1H3. The number of benzene rings is 1. The fourth-order valence-corrected chi connectivity index (χ4v) is 2.00. The lowest BCUT2D eigenvalue weighted by atomic mass is 10.1. The van der Waals surface area contributed by atoms with Crippen LogP contribution in [0, 0.1) is 0 Å². The highest BCUT2D eigenvalue weighted by Crippen LogP contribution is 2.20. The Labute approximate surface area is 117 Å². The Morgan fingerprint density at radius 1 is 0.950 bits per heavy atom. The molecule has 98 valence electrons. The molecule has 2 heterocycles. The Morgan fingerprint density at radius 3 is 2.60 bits per heavy atom. The van der Waals surface area contributed by atoms with Crippen LogP contribution < -0.4 is 4.74 Å². The summed E-state index contributed by atoms with van der Waals surface area (Å²) in [4.78, 5) is 8.60. The van der Waals surface area contributed by atoms with E-state index in [1.807, 2.05) is 48.6 Å². The van der Waals surface area contributed by atoms with Gasteiger partial charge in [-0.25, -0.2) is 4.98 Å². The average molecular weight is 262 g/mol. The van der Waals surface area contributed by atoms with Crippen molar-refractivity contribution in [2.75, 3.05) is 7.11 Å². The topological polar surface area (TPSA) is 35.0 Å². The number of nitrogens with zero attached hydrogens (tertiary/aromatic N) is 2. The summed E-state index contributed by atoms with van der Waals surface area (Å²) in [5.74, 6) is 0.847. The third kappa shape index (κ3) is 2.67. The van der Waals surface area contributed by atoms with Crippen LogP contribution >= 0.6 is 0 Å². The molecular formula is C17H14N2O. The van der Waals surface area contributed by atoms with Crippen LogP contribution in [0.3, 0.4) is 0 Å². The van der Waals surface area contributed by atoms with Crippen LogP contribution in [0.15, 0.2) is 54.9 Å². The first-order chi connectivity index (χ1) is 9.85. The van der Waals surface area contributed by atoms with Crippen molar-refractivity contribution in [2.45, 2.75) is 0 Å². The highest BCUT2D eigenvalue weighted by atomic mass is 16.5. The van der Waals surface area contributed by atoms with Gasteiger partial charge in [0, 0.05) is 17.8 Å². The summed E-state index contributed by atoms with van der Waals surface area (Å²) in [5, 5.41) is 1.07. The molecule has 0 radical (unpaired) electrons. The van der Waals surface area contributed by atoms with E-state index >= 15 is 0 Å². The van der Waals surface area contributed by atoms with Crippen molar-refractivity contribution in [1.82, 2.24) is 9.97 Å². The van der Waals surface area contributed by atoms with Gasteiger partial charge >= 0.3 is 0 Å². The molecular weight excluding hydrogens is 248 g/mol. The SMILES string of the molecule is COc1ccc2nc(C=Cc3ccncc3)ccc2c1. The summed E-state index contributed by atoms with van der Waals surface area (Å²) in [6, 6.07) is 13.9. The van der Waals surface area contributed by atoms with E-state index in [-0.39, 0.29) is 0 Å². The zero-order valence-electron chi connectivity index (χ0n) is 11.2. The van der Waals surface area contributed by atoms with Crippen LogP contribution in [0.4, 0.5) is 0 Å². The molecule has 0 saturated heterocycles. The van der Waals surface area contributed by atoms with Crippen LogP contribution in [0.25, 0.3) is 23.1 Å². The molecule has 0 amide bonds. The maximum absolute atomic E-state index is 5.21. The van der Waals surface area contributed by atoms with Crippen molar-refractivity contribution < 1.29 is 4.74 Å². The third-order valence-corrected chi connectivity index (χ3v) is 3.07. The zero-order chi connectivity index (χ0) is 13.8. The number of rotatable bonds is 3. The lowest BCUT2D eigenvalue weighted by molar-refractivity contribution is 0.415. The summed E-state index contributed by atoms with van der Waals surface area (Å²) in [6.45, 7) is 0. The second-order valence-electron chi connectivity index (χ2n) is 4.41. The Hall–Kier alpha value is -2.68. The quantitative estimate of drug-likeness (QED) is 0.720. The van der Waals surface area contributed by atoms with Gasteiger partial charge < -0.3 is 4.74 Å². The number of fused-ring (bicyclic) bond motifs is 1. The van der Waals surface area contributed by atoms with Gasteiger partial charge in [0.2, 0.25) is 0 Å². The van der Waals surface area contributed by atoms with Crippen LogP contribution in [0.5, 0.6) is 5.75 Å². The van der Waals surface area contributed by atoms with Crippen LogP contribution in [0.2, 0.25) is 0 Å². The molecule has 0 saturated carbocycles. The summed E-state index contributed by atoms with van der Waals surface area (Å²) >= 11 is 0. The van der Waals surface area contributed by atoms with Crippen molar-refractivity contribution in [1.29, 1.82) is 0 Å². The first-order valence-electron chi connectivity index (χ1n) is 6.38. The molecule has 3 heteroatoms. The maximum atomic E-state index is 5.21. The second kappa shape index (κ2) is 5.53. The summed E-state index contributed by atoms with van der Waals surface area (Å²) in [6.07, 6.45) is 7.58. The van der Waals surface area contributed by atoms with E-state index in [0.717, 1.165) is 27.9 Å². The van der Waals surface area contributed by atoms with Crippen molar-refractivity contribution >= 4 is 23.1 Å². The Balaban J connectivity index is 1.91. The molecule has 20 heavy (non-hydrogen) atoms. The van der Waals surface area contributed by atoms with E-state index in [9.17, 15) is 0 Å². The normalized spacial score (nSPS) is 11.1. The molecule has 3 nitrogen and oxygen atoms in total. The van der Waals surface area contributed by atoms with Gasteiger partial charge in [-0.1, -0.05) is 12.1 Å². The number of ether oxygens (including phenoxy) is 1. The second-order valence-corrected chi connectivity index (χ2v) is 4.41. The number of hydrogen-bond acceptors (Lipinski definition) is 3. The average Bonchev–Trinajstić information content (AvgIpc) is 2.53. The van der Waals surface area contributed by atoms with E-state index < -0.39 is 0 Å². The first-order valence-corrected chi connectivity index (χ1v) is 6.38. The van der Waals surface area contributed by atoms with E-state index in [4.69, 9.17) is 4.74 Å². The molecule has 2 aromatic heterocycles. The molecule has 1 aromatic carbocycles. The lowest BCUT2D eigenvalue weighted by Gasteiger charge is -2.02. The fourth-order valence-electron chi connectivity index (χ4n) is 2.00. The lowest BCUT2D eigenvalue weighted by Crippen LogP contribution is -1.86. The van der Waals surface area contributed by atoms with E-state index in [1.165, 1.54) is 0 Å². The predicted molar refractivity (Wildman–Crippen MR) is 81.5 cm³/mol. The molecule has 0 aliphatic heterocycles. The maximum Gasteiger partial charge on any atom is 0.119 e. The molecule has 0 unspecified atom stereocenters. The van der Waals surface area contributed by atoms with Crippen molar-refractivity contribution in [3.05, 3.63) is 66.1 Å². The molecule has 0 aliphatic carbocycles. The highest BCUT2D eigenvalue weighted by Gasteiger charge is 1.98. The van der Waals surface area contributed by atoms with Gasteiger partial charge in [-0.2, -0.15) is 0 Å². The van der Waals surface area contributed by atoms with Gasteiger partial charge in [-0.3, -0.25) is 4.98 Å². The molecule has 0 fully saturated rings. The third-order valence-electron chi connectivity index (χ3n) is 3.07. The molecule has 0 bridgehead atoms. The Morgan fingerprint density at radius 2 is 1.80 bits per heavy atom. The summed E-state index contributed by atoms with van der Waals surface area (Å²) in [5.41, 5.74) is 3.00. The van der Waals surface area contributed by atoms with Gasteiger partial charge in [-0.15, -0.1) is 0 Å². The molecule has 3 rings (SSSR count). The molecule has 0 atom stereocenters. The zero-order valence-corrected chi connectivity index (χ0v) is 11.2. The predicted octanol–water partition coefficient (Wildman–Crippen LogP) is 3.81. The minimum atomic E-state index is 0.847. The van der Waals surface area contributed by atoms with Gasteiger partial charge in [-0.05, 0) is 48.0 Å². The number of hydrogen-bond donors (Lipinski definition) is 0. The van der Waals surface area contributed by atoms with Crippen molar-refractivity contribution in [3.8, 4) is 5.75 Å². The van der Waals surface area contributed by atoms with Crippen LogP contribution in [-0.4, -0.2) is 17.1 Å². The monoisotopic (exact) mass is 262 g/mol. The first kappa shape index (κ1) is 12.4. The van der Waals surface area contributed by atoms with Gasteiger partial charge in [0.05, 0.1) is 18.3 Å². The van der Waals surface area contributed by atoms with Crippen LogP contribution in [0.1, 0.15) is 11.3 Å². The summed E-state index contributed by atoms with van der Waals surface area (Å²) in [7, 11) is 1.67. The van der Waals surface area contributed by atoms with Crippen molar-refractivity contribution in [2.24, 2.45) is 0 Å².